The van der Waals surface area contributed by atoms with Crippen LogP contribution < -0.4 is 10.1 Å². The molecule has 0 bridgehead atoms. The summed E-state index contributed by atoms with van der Waals surface area (Å²) >= 11 is 8.37. The summed E-state index contributed by atoms with van der Waals surface area (Å²) < 4.78 is 10.9. The molecule has 10 heteroatoms. The van der Waals surface area contributed by atoms with Gasteiger partial charge < -0.3 is 9.47 Å². The van der Waals surface area contributed by atoms with Gasteiger partial charge in [-0.3, -0.25) is 14.9 Å². The highest BCUT2D eigenvalue weighted by Gasteiger charge is 2.18. The zero-order valence-corrected chi connectivity index (χ0v) is 15.9. The second-order valence-corrected chi connectivity index (χ2v) is 7.25. The number of anilines is 1. The summed E-state index contributed by atoms with van der Waals surface area (Å²) in [5, 5.41) is 11.1. The van der Waals surface area contributed by atoms with E-state index >= 15 is 0 Å². The Bertz CT molecular complexity index is 741. The molecule has 0 spiro atoms. The maximum absolute atomic E-state index is 12.2. The van der Waals surface area contributed by atoms with Gasteiger partial charge in [-0.25, -0.2) is 0 Å². The van der Waals surface area contributed by atoms with Gasteiger partial charge in [0.1, 0.15) is 5.75 Å². The van der Waals surface area contributed by atoms with Crippen LogP contribution in [0.5, 0.6) is 5.75 Å². The summed E-state index contributed by atoms with van der Waals surface area (Å²) in [6.45, 7) is 3.68. The minimum absolute atomic E-state index is 0.141. The van der Waals surface area contributed by atoms with E-state index in [2.05, 4.69) is 15.5 Å². The highest BCUT2D eigenvalue weighted by Crippen LogP contribution is 2.27. The number of nitrogens with one attached hydrogen (secondary N) is 1. The second-order valence-electron chi connectivity index (χ2n) is 4.65. The molecule has 2 aromatic rings. The molecule has 0 aliphatic rings. The van der Waals surface area contributed by atoms with Crippen molar-refractivity contribution in [2.45, 2.75) is 24.3 Å². The van der Waals surface area contributed by atoms with Gasteiger partial charge in [-0.1, -0.05) is 46.8 Å². The summed E-state index contributed by atoms with van der Waals surface area (Å²) in [5.41, 5.74) is 0. The Balaban J connectivity index is 1.86. The van der Waals surface area contributed by atoms with Crippen molar-refractivity contribution in [2.24, 2.45) is 0 Å². The SMILES string of the molecule is CCOC(=O)CSc1nnc(NC(=O)C(C)Oc2ccccc2Cl)s1. The average Bonchev–Trinajstić information content (AvgIpc) is 3.02. The first kappa shape index (κ1) is 19.5. The number of amides is 1. The smallest absolute Gasteiger partial charge is 0.316 e. The fourth-order valence-electron chi connectivity index (χ4n) is 1.63. The van der Waals surface area contributed by atoms with Crippen LogP contribution >= 0.6 is 34.7 Å². The molecule has 0 radical (unpaired) electrons. The van der Waals surface area contributed by atoms with Crippen LogP contribution in [0.2, 0.25) is 5.02 Å². The predicted octanol–water partition coefficient (Wildman–Crippen LogP) is 3.25. The van der Waals surface area contributed by atoms with Crippen molar-refractivity contribution >= 4 is 51.7 Å². The lowest BCUT2D eigenvalue weighted by Gasteiger charge is -2.14. The number of esters is 1. The van der Waals surface area contributed by atoms with Crippen molar-refractivity contribution in [3.8, 4) is 5.75 Å². The van der Waals surface area contributed by atoms with Gasteiger partial charge in [0.25, 0.3) is 5.91 Å². The number of benzene rings is 1. The lowest BCUT2D eigenvalue weighted by molar-refractivity contribution is -0.139. The van der Waals surface area contributed by atoms with E-state index in [1.807, 2.05) is 0 Å². The molecular formula is C15H16ClN3O4S2. The fraction of sp³-hybridized carbons (Fsp3) is 0.333. The van der Waals surface area contributed by atoms with Crippen LogP contribution in [0.1, 0.15) is 13.8 Å². The Kier molecular flexibility index (Phi) is 7.48. The Hall–Kier alpha value is -1.84. The van der Waals surface area contributed by atoms with Crippen molar-refractivity contribution < 1.29 is 19.1 Å². The number of para-hydroxylation sites is 1. The van der Waals surface area contributed by atoms with Crippen molar-refractivity contribution in [3.63, 3.8) is 0 Å². The van der Waals surface area contributed by atoms with Gasteiger partial charge in [0, 0.05) is 0 Å². The maximum atomic E-state index is 12.2. The van der Waals surface area contributed by atoms with E-state index in [1.165, 1.54) is 23.1 Å². The third-order valence-electron chi connectivity index (χ3n) is 2.77. The third-order valence-corrected chi connectivity index (χ3v) is 5.02. The van der Waals surface area contributed by atoms with Gasteiger partial charge in [0.15, 0.2) is 10.4 Å². The van der Waals surface area contributed by atoms with Gasteiger partial charge in [-0.15, -0.1) is 10.2 Å². The van der Waals surface area contributed by atoms with Crippen LogP contribution in [0.25, 0.3) is 0 Å². The summed E-state index contributed by atoms with van der Waals surface area (Å²) in [5.74, 6) is -0.134. The second kappa shape index (κ2) is 9.59. The molecule has 1 aromatic heterocycles. The highest BCUT2D eigenvalue weighted by molar-refractivity contribution is 8.01. The van der Waals surface area contributed by atoms with E-state index in [4.69, 9.17) is 21.1 Å². The summed E-state index contributed by atoms with van der Waals surface area (Å²) in [7, 11) is 0. The van der Waals surface area contributed by atoms with E-state index in [0.717, 1.165) is 0 Å². The number of carbonyl (C=O) groups is 2. The molecule has 7 nitrogen and oxygen atoms in total. The molecule has 0 aliphatic carbocycles. The van der Waals surface area contributed by atoms with E-state index in [-0.39, 0.29) is 17.6 Å². The molecule has 0 saturated carbocycles. The predicted molar refractivity (Wildman–Crippen MR) is 97.4 cm³/mol. The summed E-state index contributed by atoms with van der Waals surface area (Å²) in [6, 6.07) is 6.90. The number of hydrogen-bond donors (Lipinski definition) is 1. The van der Waals surface area contributed by atoms with E-state index in [9.17, 15) is 9.59 Å². The quantitative estimate of drug-likeness (QED) is 0.412. The number of thioether (sulfide) groups is 1. The molecule has 1 amide bonds. The molecule has 1 aromatic carbocycles. The van der Waals surface area contributed by atoms with Crippen LogP contribution in [0.15, 0.2) is 28.6 Å². The Labute approximate surface area is 158 Å². The Morgan fingerprint density at radius 3 is 2.84 bits per heavy atom. The van der Waals surface area contributed by atoms with E-state index in [1.54, 1.807) is 38.1 Å². The van der Waals surface area contributed by atoms with Gasteiger partial charge >= 0.3 is 5.97 Å². The zero-order chi connectivity index (χ0) is 18.2. The summed E-state index contributed by atoms with van der Waals surface area (Å²) in [4.78, 5) is 23.5. The number of aromatic nitrogens is 2. The minimum Gasteiger partial charge on any atom is -0.479 e. The largest absolute Gasteiger partial charge is 0.479 e. The average molecular weight is 402 g/mol. The molecule has 0 saturated heterocycles. The molecule has 1 N–H and O–H groups in total. The number of nitrogens with zero attached hydrogens (tertiary/aromatic N) is 2. The number of carbonyl (C=O) groups excluding carboxylic acids is 2. The first-order valence-corrected chi connectivity index (χ1v) is 9.51. The standard InChI is InChI=1S/C15H16ClN3O4S2/c1-3-22-12(20)8-24-15-19-18-14(25-15)17-13(21)9(2)23-11-7-5-4-6-10(11)16/h4-7,9H,3,8H2,1-2H3,(H,17,18,21). The molecular weight excluding hydrogens is 386 g/mol. The van der Waals surface area contributed by atoms with Gasteiger partial charge in [0.2, 0.25) is 5.13 Å². The Morgan fingerprint density at radius 1 is 1.36 bits per heavy atom. The third kappa shape index (κ3) is 6.18. The van der Waals surface area contributed by atoms with E-state index < -0.39 is 6.10 Å². The van der Waals surface area contributed by atoms with Crippen LogP contribution in [-0.4, -0.2) is 40.5 Å². The van der Waals surface area contributed by atoms with Gasteiger partial charge in [0.05, 0.1) is 17.4 Å². The van der Waals surface area contributed by atoms with Crippen LogP contribution in [0.3, 0.4) is 0 Å². The first-order chi connectivity index (χ1) is 12.0. The Morgan fingerprint density at radius 2 is 2.12 bits per heavy atom. The van der Waals surface area contributed by atoms with Crippen LogP contribution in [0.4, 0.5) is 5.13 Å². The number of ether oxygens (including phenoxy) is 2. The van der Waals surface area contributed by atoms with Crippen molar-refractivity contribution in [1.29, 1.82) is 0 Å². The molecule has 0 aliphatic heterocycles. The summed E-state index contributed by atoms with van der Waals surface area (Å²) in [6.07, 6.45) is -0.764. The molecule has 2 rings (SSSR count). The number of hydrogen-bond acceptors (Lipinski definition) is 8. The normalized spacial score (nSPS) is 11.6. The first-order valence-electron chi connectivity index (χ1n) is 7.33. The monoisotopic (exact) mass is 401 g/mol. The van der Waals surface area contributed by atoms with Gasteiger partial charge in [-0.2, -0.15) is 0 Å². The highest BCUT2D eigenvalue weighted by atomic mass is 35.5. The molecule has 1 atom stereocenters. The van der Waals surface area contributed by atoms with Gasteiger partial charge in [-0.05, 0) is 26.0 Å². The minimum atomic E-state index is -0.764. The molecule has 1 unspecified atom stereocenters. The van der Waals surface area contributed by atoms with Crippen LogP contribution in [-0.2, 0) is 14.3 Å². The number of rotatable bonds is 8. The fourth-order valence-corrected chi connectivity index (χ4v) is 3.37. The van der Waals surface area contributed by atoms with Crippen molar-refractivity contribution in [3.05, 3.63) is 29.3 Å². The molecule has 1 heterocycles. The topological polar surface area (TPSA) is 90.4 Å². The van der Waals surface area contributed by atoms with E-state index in [0.29, 0.717) is 26.9 Å². The molecule has 0 fully saturated rings. The molecule has 134 valence electrons. The number of halogens is 1. The zero-order valence-electron chi connectivity index (χ0n) is 13.5. The van der Waals surface area contributed by atoms with Crippen LogP contribution in [0, 0.1) is 0 Å². The lowest BCUT2D eigenvalue weighted by atomic mass is 10.3. The lowest BCUT2D eigenvalue weighted by Crippen LogP contribution is -2.30. The van der Waals surface area contributed by atoms with Crippen molar-refractivity contribution in [2.75, 3.05) is 17.7 Å². The van der Waals surface area contributed by atoms with Crippen molar-refractivity contribution in [1.82, 2.24) is 10.2 Å². The maximum Gasteiger partial charge on any atom is 0.316 e. The molecule has 25 heavy (non-hydrogen) atoms.